The van der Waals surface area contributed by atoms with Crippen LogP contribution in [-0.4, -0.2) is 30.3 Å². The highest BCUT2D eigenvalue weighted by molar-refractivity contribution is 5.98. The number of benzene rings is 3. The van der Waals surface area contributed by atoms with Gasteiger partial charge in [0, 0.05) is 17.6 Å². The van der Waals surface area contributed by atoms with E-state index in [1.54, 1.807) is 98.6 Å². The summed E-state index contributed by atoms with van der Waals surface area (Å²) in [6.07, 6.45) is 1.62. The molecule has 0 saturated heterocycles. The van der Waals surface area contributed by atoms with Crippen molar-refractivity contribution in [1.29, 1.82) is 0 Å². The summed E-state index contributed by atoms with van der Waals surface area (Å²) in [7, 11) is 3.10. The molecule has 0 atom stereocenters. The average molecular weight is 460 g/mol. The maximum Gasteiger partial charge on any atom is 0.384 e. The molecule has 0 bridgehead atoms. The number of anilines is 2. The number of hydrogen-bond acceptors (Lipinski definition) is 7. The Morgan fingerprint density at radius 1 is 0.912 bits per heavy atom. The number of urea groups is 1. The van der Waals surface area contributed by atoms with E-state index in [1.807, 2.05) is 0 Å². The van der Waals surface area contributed by atoms with E-state index in [4.69, 9.17) is 14.2 Å². The first-order valence-corrected chi connectivity index (χ1v) is 10.1. The Balaban J connectivity index is 1.65. The molecule has 0 aliphatic rings. The number of nitrogens with one attached hydrogen (secondary N) is 1. The predicted octanol–water partition coefficient (Wildman–Crippen LogP) is 5.08. The Labute approximate surface area is 194 Å². The summed E-state index contributed by atoms with van der Waals surface area (Å²) in [5.41, 5.74) is 3.24. The molecule has 2 amide bonds. The molecule has 3 aromatic carbocycles. The number of nitro groups is 1. The van der Waals surface area contributed by atoms with E-state index in [0.717, 1.165) is 5.39 Å². The third kappa shape index (κ3) is 4.65. The minimum Gasteiger partial charge on any atom is -0.493 e. The number of aromatic nitrogens is 1. The molecule has 0 aliphatic carbocycles. The standard InChI is InChI=1S/C24H20N4O6/c1-32-22-14-19-20(15-23(22)33-2)25-13-12-21(19)34-18-10-8-17(9-11-18)27(24(29)26-28(30)31)16-6-4-3-5-7-16/h3-15H,1-2H3,(H,26,29). The number of pyridine rings is 1. The van der Waals surface area contributed by atoms with E-state index in [1.165, 1.54) is 4.90 Å². The Bertz CT molecular complexity index is 1330. The quantitative estimate of drug-likeness (QED) is 0.302. The number of ether oxygens (including phenoxy) is 3. The molecule has 4 aromatic rings. The number of methoxy groups -OCH3 is 2. The van der Waals surface area contributed by atoms with E-state index >= 15 is 0 Å². The summed E-state index contributed by atoms with van der Waals surface area (Å²) >= 11 is 0. The number of nitrogens with zero attached hydrogens (tertiary/aromatic N) is 3. The molecule has 10 nitrogen and oxygen atoms in total. The van der Waals surface area contributed by atoms with Crippen molar-refractivity contribution in [2.75, 3.05) is 19.1 Å². The van der Waals surface area contributed by atoms with E-state index in [2.05, 4.69) is 4.98 Å². The zero-order valence-electron chi connectivity index (χ0n) is 18.3. The molecule has 0 unspecified atom stereocenters. The van der Waals surface area contributed by atoms with Gasteiger partial charge in [-0.3, -0.25) is 9.88 Å². The molecule has 34 heavy (non-hydrogen) atoms. The van der Waals surface area contributed by atoms with Gasteiger partial charge in [-0.1, -0.05) is 18.2 Å². The maximum atomic E-state index is 12.5. The van der Waals surface area contributed by atoms with Crippen LogP contribution in [0.25, 0.3) is 10.9 Å². The topological polar surface area (TPSA) is 116 Å². The summed E-state index contributed by atoms with van der Waals surface area (Å²) in [6, 6.07) is 19.6. The number of carbonyl (C=O) groups excluding carboxylic acids is 1. The summed E-state index contributed by atoms with van der Waals surface area (Å²) in [6.45, 7) is 0. The lowest BCUT2D eigenvalue weighted by Crippen LogP contribution is -2.40. The van der Waals surface area contributed by atoms with Crippen LogP contribution >= 0.6 is 0 Å². The van der Waals surface area contributed by atoms with Crippen LogP contribution in [0.1, 0.15) is 0 Å². The highest BCUT2D eigenvalue weighted by Crippen LogP contribution is 2.37. The second kappa shape index (κ2) is 9.74. The molecule has 172 valence electrons. The Kier molecular flexibility index (Phi) is 6.40. The first-order chi connectivity index (χ1) is 16.5. The van der Waals surface area contributed by atoms with Gasteiger partial charge >= 0.3 is 6.03 Å². The third-order valence-corrected chi connectivity index (χ3v) is 4.93. The van der Waals surface area contributed by atoms with Crippen LogP contribution in [0.5, 0.6) is 23.0 Å². The Morgan fingerprint density at radius 2 is 1.56 bits per heavy atom. The number of fused-ring (bicyclic) bond motifs is 1. The van der Waals surface area contributed by atoms with Crippen molar-refractivity contribution < 1.29 is 24.0 Å². The number of rotatable bonds is 7. The van der Waals surface area contributed by atoms with E-state index in [0.29, 0.717) is 39.9 Å². The SMILES string of the molecule is COc1cc2nccc(Oc3ccc(N(C(=O)N[N+](=O)[O-])c4ccccc4)cc3)c2cc1OC. The largest absolute Gasteiger partial charge is 0.493 e. The minimum atomic E-state index is -0.897. The van der Waals surface area contributed by atoms with Crippen molar-refractivity contribution in [3.05, 3.63) is 89.1 Å². The van der Waals surface area contributed by atoms with Gasteiger partial charge in [-0.25, -0.2) is 14.9 Å². The zero-order valence-corrected chi connectivity index (χ0v) is 18.3. The molecule has 0 spiro atoms. The van der Waals surface area contributed by atoms with Crippen LogP contribution in [0.3, 0.4) is 0 Å². The van der Waals surface area contributed by atoms with Gasteiger partial charge < -0.3 is 14.2 Å². The van der Waals surface area contributed by atoms with Crippen molar-refractivity contribution in [2.24, 2.45) is 0 Å². The van der Waals surface area contributed by atoms with Gasteiger partial charge in [0.1, 0.15) is 11.5 Å². The number of carbonyl (C=O) groups is 1. The molecular formula is C24H20N4O6. The van der Waals surface area contributed by atoms with Crippen molar-refractivity contribution in [3.8, 4) is 23.0 Å². The van der Waals surface area contributed by atoms with Crippen LogP contribution in [0.2, 0.25) is 0 Å². The van der Waals surface area contributed by atoms with Crippen LogP contribution in [0, 0.1) is 10.1 Å². The highest BCUT2D eigenvalue weighted by Gasteiger charge is 2.22. The van der Waals surface area contributed by atoms with Gasteiger partial charge in [-0.15, -0.1) is 0 Å². The molecule has 10 heteroatoms. The lowest BCUT2D eigenvalue weighted by atomic mass is 10.1. The molecular weight excluding hydrogens is 440 g/mol. The van der Waals surface area contributed by atoms with Crippen LogP contribution in [-0.2, 0) is 0 Å². The van der Waals surface area contributed by atoms with Gasteiger partial charge in [0.15, 0.2) is 16.5 Å². The first-order valence-electron chi connectivity index (χ1n) is 10.1. The Morgan fingerprint density at radius 3 is 2.21 bits per heavy atom. The molecule has 1 heterocycles. The lowest BCUT2D eigenvalue weighted by molar-refractivity contribution is -0.527. The van der Waals surface area contributed by atoms with Gasteiger partial charge in [0.2, 0.25) is 0 Å². The second-order valence-electron chi connectivity index (χ2n) is 6.97. The third-order valence-electron chi connectivity index (χ3n) is 4.93. The van der Waals surface area contributed by atoms with E-state index in [-0.39, 0.29) is 0 Å². The molecule has 0 aliphatic heterocycles. The minimum absolute atomic E-state index is 0.420. The highest BCUT2D eigenvalue weighted by atomic mass is 16.7. The Hall–Kier alpha value is -4.86. The van der Waals surface area contributed by atoms with E-state index < -0.39 is 11.1 Å². The van der Waals surface area contributed by atoms with Crippen molar-refractivity contribution in [1.82, 2.24) is 10.4 Å². The molecule has 0 fully saturated rings. The molecule has 0 saturated carbocycles. The number of hydrazine groups is 1. The average Bonchev–Trinajstić information content (AvgIpc) is 2.85. The maximum absolute atomic E-state index is 12.5. The van der Waals surface area contributed by atoms with Crippen LogP contribution < -0.4 is 24.5 Å². The lowest BCUT2D eigenvalue weighted by Gasteiger charge is -2.21. The monoisotopic (exact) mass is 460 g/mol. The summed E-state index contributed by atoms with van der Waals surface area (Å²) < 4.78 is 16.8. The smallest absolute Gasteiger partial charge is 0.384 e. The fraction of sp³-hybridized carbons (Fsp3) is 0.0833. The van der Waals surface area contributed by atoms with Crippen molar-refractivity contribution in [3.63, 3.8) is 0 Å². The predicted molar refractivity (Wildman–Crippen MR) is 125 cm³/mol. The fourth-order valence-electron chi connectivity index (χ4n) is 3.42. The normalized spacial score (nSPS) is 10.4. The first kappa shape index (κ1) is 22.3. The second-order valence-corrected chi connectivity index (χ2v) is 6.97. The zero-order chi connectivity index (χ0) is 24.1. The summed E-state index contributed by atoms with van der Waals surface area (Å²) in [5.74, 6) is 2.13. The number of para-hydroxylation sites is 1. The van der Waals surface area contributed by atoms with Gasteiger partial charge in [0.25, 0.3) is 0 Å². The molecule has 1 aromatic heterocycles. The number of amides is 2. The van der Waals surface area contributed by atoms with Crippen LogP contribution in [0.15, 0.2) is 79.0 Å². The van der Waals surface area contributed by atoms with Crippen molar-refractivity contribution >= 4 is 28.3 Å². The molecule has 0 radical (unpaired) electrons. The molecule has 4 rings (SSSR count). The fourth-order valence-corrected chi connectivity index (χ4v) is 3.42. The van der Waals surface area contributed by atoms with E-state index in [9.17, 15) is 14.9 Å². The van der Waals surface area contributed by atoms with Crippen molar-refractivity contribution in [2.45, 2.75) is 0 Å². The molecule has 1 N–H and O–H groups in total. The summed E-state index contributed by atoms with van der Waals surface area (Å²) in [4.78, 5) is 28.9. The summed E-state index contributed by atoms with van der Waals surface area (Å²) in [5, 5.41) is 10.7. The van der Waals surface area contributed by atoms with Gasteiger partial charge in [-0.2, -0.15) is 0 Å². The van der Waals surface area contributed by atoms with Crippen LogP contribution in [0.4, 0.5) is 16.2 Å². The number of hydrogen-bond donors (Lipinski definition) is 1. The van der Waals surface area contributed by atoms with Gasteiger partial charge in [-0.05, 0) is 54.0 Å². The van der Waals surface area contributed by atoms with Gasteiger partial charge in [0.05, 0.1) is 31.1 Å².